The van der Waals surface area contributed by atoms with E-state index in [4.69, 9.17) is 0 Å². The topological polar surface area (TPSA) is 68.0 Å². The number of rotatable bonds is 3. The molecule has 2 heterocycles. The summed E-state index contributed by atoms with van der Waals surface area (Å²) in [6.45, 7) is 0. The van der Waals surface area contributed by atoms with Crippen molar-refractivity contribution >= 4 is 5.97 Å². The van der Waals surface area contributed by atoms with E-state index in [9.17, 15) is 23.1 Å². The maximum Gasteiger partial charge on any atom is 0.416 e. The van der Waals surface area contributed by atoms with Gasteiger partial charge in [-0.2, -0.15) is 18.3 Å². The van der Waals surface area contributed by atoms with Crippen LogP contribution < -0.4 is 0 Å². The normalized spacial score (nSPS) is 11.5. The molecule has 8 heteroatoms. The molecule has 0 aliphatic rings. The molecule has 0 radical (unpaired) electrons. The van der Waals surface area contributed by atoms with E-state index >= 15 is 0 Å². The quantitative estimate of drug-likeness (QED) is 0.794. The summed E-state index contributed by atoms with van der Waals surface area (Å²) in [5.74, 6) is -1.30. The van der Waals surface area contributed by atoms with Gasteiger partial charge in [0.25, 0.3) is 0 Å². The van der Waals surface area contributed by atoms with Crippen molar-refractivity contribution in [1.29, 1.82) is 0 Å². The Morgan fingerprint density at radius 3 is 2.54 bits per heavy atom. The minimum atomic E-state index is -4.53. The lowest BCUT2D eigenvalue weighted by molar-refractivity contribution is -0.137. The van der Waals surface area contributed by atoms with Crippen LogP contribution in [0.1, 0.15) is 16.1 Å². The Bertz CT molecular complexity index is 889. The Hall–Kier alpha value is -3.16. The third kappa shape index (κ3) is 2.98. The highest BCUT2D eigenvalue weighted by Gasteiger charge is 2.31. The van der Waals surface area contributed by atoms with Crippen LogP contribution >= 0.6 is 0 Å². The standard InChI is InChI=1S/C16H10F3N3O2/c17-16(18,19)11-4-1-5-12(7-11)22-14(15(23)24)8-13(21-22)10-3-2-6-20-9-10/h1-9H,(H,23,24). The molecule has 0 bridgehead atoms. The number of aromatic carboxylic acids is 1. The van der Waals surface area contributed by atoms with Crippen LogP contribution in [0.2, 0.25) is 0 Å². The smallest absolute Gasteiger partial charge is 0.416 e. The molecule has 122 valence electrons. The van der Waals surface area contributed by atoms with Gasteiger partial charge in [0.2, 0.25) is 0 Å². The molecule has 5 nitrogen and oxygen atoms in total. The number of aromatic nitrogens is 3. The molecule has 2 aromatic heterocycles. The summed E-state index contributed by atoms with van der Waals surface area (Å²) >= 11 is 0. The van der Waals surface area contributed by atoms with Crippen molar-refractivity contribution in [1.82, 2.24) is 14.8 Å². The maximum atomic E-state index is 12.9. The second-order valence-corrected chi connectivity index (χ2v) is 4.92. The highest BCUT2D eigenvalue weighted by atomic mass is 19.4. The number of benzene rings is 1. The minimum Gasteiger partial charge on any atom is -0.477 e. The Morgan fingerprint density at radius 1 is 1.12 bits per heavy atom. The third-order valence-electron chi connectivity index (χ3n) is 3.30. The van der Waals surface area contributed by atoms with Gasteiger partial charge >= 0.3 is 12.1 Å². The molecule has 0 amide bonds. The molecule has 0 aliphatic heterocycles. The van der Waals surface area contributed by atoms with Gasteiger partial charge in [0.15, 0.2) is 5.69 Å². The van der Waals surface area contributed by atoms with Crippen LogP contribution in [-0.2, 0) is 6.18 Å². The number of carbonyl (C=O) groups is 1. The van der Waals surface area contributed by atoms with E-state index in [-0.39, 0.29) is 11.4 Å². The summed E-state index contributed by atoms with van der Waals surface area (Å²) < 4.78 is 39.5. The predicted octanol–water partition coefficient (Wildman–Crippen LogP) is 3.65. The average molecular weight is 333 g/mol. The van der Waals surface area contributed by atoms with E-state index in [0.29, 0.717) is 11.3 Å². The molecule has 24 heavy (non-hydrogen) atoms. The van der Waals surface area contributed by atoms with Crippen LogP contribution in [0, 0.1) is 0 Å². The molecule has 3 aromatic rings. The predicted molar refractivity (Wildman–Crippen MR) is 78.8 cm³/mol. The first-order valence-corrected chi connectivity index (χ1v) is 6.77. The number of halogens is 3. The number of carboxylic acid groups (broad SMARTS) is 1. The minimum absolute atomic E-state index is 0.0114. The number of nitrogens with zero attached hydrogens (tertiary/aromatic N) is 3. The zero-order valence-electron chi connectivity index (χ0n) is 12.0. The molecule has 0 atom stereocenters. The summed E-state index contributed by atoms with van der Waals surface area (Å²) in [5, 5.41) is 13.4. The van der Waals surface area contributed by atoms with Crippen molar-refractivity contribution in [2.75, 3.05) is 0 Å². The van der Waals surface area contributed by atoms with Crippen molar-refractivity contribution in [2.45, 2.75) is 6.18 Å². The van der Waals surface area contributed by atoms with Gasteiger partial charge in [-0.1, -0.05) is 6.07 Å². The fraction of sp³-hybridized carbons (Fsp3) is 0.0625. The van der Waals surface area contributed by atoms with Crippen LogP contribution in [-0.4, -0.2) is 25.8 Å². The van der Waals surface area contributed by atoms with Crippen molar-refractivity contribution in [3.63, 3.8) is 0 Å². The van der Waals surface area contributed by atoms with E-state index in [1.807, 2.05) is 0 Å². The van der Waals surface area contributed by atoms with Gasteiger partial charge in [0.1, 0.15) is 0 Å². The van der Waals surface area contributed by atoms with Crippen LogP contribution in [0.5, 0.6) is 0 Å². The zero-order valence-corrected chi connectivity index (χ0v) is 12.0. The summed E-state index contributed by atoms with van der Waals surface area (Å²) in [6, 6.07) is 8.95. The Labute approximate surface area is 134 Å². The molecule has 3 rings (SSSR count). The Balaban J connectivity index is 2.14. The molecule has 1 aromatic carbocycles. The molecule has 1 N–H and O–H groups in total. The van der Waals surface area contributed by atoms with Gasteiger partial charge < -0.3 is 5.11 Å². The molecule has 0 unspecified atom stereocenters. The lowest BCUT2D eigenvalue weighted by Gasteiger charge is -2.09. The molecule has 0 spiro atoms. The number of alkyl halides is 3. The first-order valence-electron chi connectivity index (χ1n) is 6.77. The van der Waals surface area contributed by atoms with E-state index < -0.39 is 17.7 Å². The van der Waals surface area contributed by atoms with Gasteiger partial charge in [-0.25, -0.2) is 9.48 Å². The van der Waals surface area contributed by atoms with E-state index in [0.717, 1.165) is 16.8 Å². The summed E-state index contributed by atoms with van der Waals surface area (Å²) in [4.78, 5) is 15.3. The van der Waals surface area contributed by atoms with Crippen molar-refractivity contribution in [2.24, 2.45) is 0 Å². The first kappa shape index (κ1) is 15.7. The van der Waals surface area contributed by atoms with Crippen LogP contribution in [0.25, 0.3) is 16.9 Å². The number of hydrogen-bond acceptors (Lipinski definition) is 3. The molecular formula is C16H10F3N3O2. The van der Waals surface area contributed by atoms with Crippen LogP contribution in [0.3, 0.4) is 0 Å². The van der Waals surface area contributed by atoms with Crippen LogP contribution in [0.15, 0.2) is 54.9 Å². The first-order chi connectivity index (χ1) is 11.4. The second kappa shape index (κ2) is 5.80. The van der Waals surface area contributed by atoms with E-state index in [1.54, 1.807) is 18.3 Å². The SMILES string of the molecule is O=C(O)c1cc(-c2cccnc2)nn1-c1cccc(C(F)(F)F)c1. The van der Waals surface area contributed by atoms with Gasteiger partial charge in [-0.05, 0) is 36.4 Å². The molecular weight excluding hydrogens is 323 g/mol. The van der Waals surface area contributed by atoms with Crippen molar-refractivity contribution in [3.05, 3.63) is 66.1 Å². The fourth-order valence-corrected chi connectivity index (χ4v) is 2.20. The highest BCUT2D eigenvalue weighted by Crippen LogP contribution is 2.31. The van der Waals surface area contributed by atoms with Crippen molar-refractivity contribution in [3.8, 4) is 16.9 Å². The van der Waals surface area contributed by atoms with Crippen molar-refractivity contribution < 1.29 is 23.1 Å². The third-order valence-corrected chi connectivity index (χ3v) is 3.30. The van der Waals surface area contributed by atoms with E-state index in [2.05, 4.69) is 10.1 Å². The molecule has 0 aliphatic carbocycles. The second-order valence-electron chi connectivity index (χ2n) is 4.92. The Morgan fingerprint density at radius 2 is 1.92 bits per heavy atom. The molecule has 0 fully saturated rings. The highest BCUT2D eigenvalue weighted by molar-refractivity contribution is 5.88. The summed E-state index contributed by atoms with van der Waals surface area (Å²) in [5.41, 5.74) is -0.246. The zero-order chi connectivity index (χ0) is 17.3. The largest absolute Gasteiger partial charge is 0.477 e. The summed E-state index contributed by atoms with van der Waals surface area (Å²) in [6.07, 6.45) is -1.49. The van der Waals surface area contributed by atoms with E-state index in [1.165, 1.54) is 24.4 Å². The summed E-state index contributed by atoms with van der Waals surface area (Å²) in [7, 11) is 0. The van der Waals surface area contributed by atoms with Gasteiger partial charge in [0.05, 0.1) is 16.9 Å². The number of pyridine rings is 1. The Kier molecular flexibility index (Phi) is 3.80. The van der Waals surface area contributed by atoms with Gasteiger partial charge in [-0.3, -0.25) is 4.98 Å². The van der Waals surface area contributed by atoms with Gasteiger partial charge in [0, 0.05) is 18.0 Å². The lowest BCUT2D eigenvalue weighted by atomic mass is 10.2. The molecule has 0 saturated heterocycles. The molecule has 0 saturated carbocycles. The number of carboxylic acids is 1. The number of hydrogen-bond donors (Lipinski definition) is 1. The monoisotopic (exact) mass is 333 g/mol. The lowest BCUT2D eigenvalue weighted by Crippen LogP contribution is -2.10. The van der Waals surface area contributed by atoms with Gasteiger partial charge in [-0.15, -0.1) is 0 Å². The van der Waals surface area contributed by atoms with Crippen LogP contribution in [0.4, 0.5) is 13.2 Å². The maximum absolute atomic E-state index is 12.9. The average Bonchev–Trinajstić information content (AvgIpc) is 3.01. The fourth-order valence-electron chi connectivity index (χ4n) is 2.20.